The number of carbonyl (C=O) groups is 1. The minimum atomic E-state index is -4.67. The van der Waals surface area contributed by atoms with Crippen molar-refractivity contribution in [3.63, 3.8) is 0 Å². The van der Waals surface area contributed by atoms with Crippen molar-refractivity contribution in [3.05, 3.63) is 52.3 Å². The lowest BCUT2D eigenvalue weighted by Crippen LogP contribution is -2.27. The Balaban J connectivity index is 2.08. The van der Waals surface area contributed by atoms with Crippen LogP contribution >= 0.6 is 11.6 Å². The maximum atomic E-state index is 13.7. The van der Waals surface area contributed by atoms with Gasteiger partial charge in [0, 0.05) is 6.42 Å². The van der Waals surface area contributed by atoms with E-state index in [1.54, 1.807) is 19.1 Å². The molecule has 0 radical (unpaired) electrons. The molecule has 1 aromatic carbocycles. The lowest BCUT2D eigenvalue weighted by molar-refractivity contribution is -0.137. The summed E-state index contributed by atoms with van der Waals surface area (Å²) in [6.45, 7) is 1.80. The van der Waals surface area contributed by atoms with E-state index in [9.17, 15) is 18.0 Å². The maximum Gasteiger partial charge on any atom is 0.419 e. The van der Waals surface area contributed by atoms with Crippen LogP contribution in [-0.4, -0.2) is 20.5 Å². The van der Waals surface area contributed by atoms with E-state index in [-0.39, 0.29) is 28.6 Å². The van der Waals surface area contributed by atoms with Crippen molar-refractivity contribution in [1.82, 2.24) is 14.6 Å². The molecule has 3 heterocycles. The number of para-hydroxylation sites is 1. The molecule has 0 saturated carbocycles. The Bertz CT molecular complexity index is 1040. The Hall–Kier alpha value is -2.61. The zero-order valence-corrected chi connectivity index (χ0v) is 14.3. The number of aromatic nitrogens is 3. The smallest absolute Gasteiger partial charge is 0.274 e. The third-order valence-corrected chi connectivity index (χ3v) is 4.54. The third-order valence-electron chi connectivity index (χ3n) is 4.24. The fourth-order valence-corrected chi connectivity index (χ4v) is 3.39. The van der Waals surface area contributed by atoms with Gasteiger partial charge in [0.05, 0.1) is 22.7 Å². The van der Waals surface area contributed by atoms with Crippen LogP contribution in [0, 0.1) is 0 Å². The van der Waals surface area contributed by atoms with Crippen LogP contribution in [0.2, 0.25) is 5.02 Å². The number of hydrogen-bond donors (Lipinski definition) is 0. The van der Waals surface area contributed by atoms with Crippen molar-refractivity contribution in [2.24, 2.45) is 0 Å². The van der Waals surface area contributed by atoms with Gasteiger partial charge in [0.1, 0.15) is 0 Å². The molecule has 0 saturated heterocycles. The zero-order valence-electron chi connectivity index (χ0n) is 13.5. The largest absolute Gasteiger partial charge is 0.419 e. The summed E-state index contributed by atoms with van der Waals surface area (Å²) in [5.41, 5.74) is 0.0889. The highest BCUT2D eigenvalue weighted by molar-refractivity contribution is 6.35. The van der Waals surface area contributed by atoms with Gasteiger partial charge >= 0.3 is 6.18 Å². The minimum Gasteiger partial charge on any atom is -0.274 e. The highest BCUT2D eigenvalue weighted by atomic mass is 35.5. The van der Waals surface area contributed by atoms with E-state index in [2.05, 4.69) is 10.1 Å². The molecule has 1 aliphatic rings. The Morgan fingerprint density at radius 2 is 2.00 bits per heavy atom. The van der Waals surface area contributed by atoms with Crippen LogP contribution in [0.5, 0.6) is 0 Å². The number of carbonyl (C=O) groups excluding carboxylic acids is 1. The molecule has 4 rings (SSSR count). The molecule has 2 aromatic heterocycles. The first-order valence-corrected chi connectivity index (χ1v) is 8.25. The Kier molecular flexibility index (Phi) is 3.69. The minimum absolute atomic E-state index is 0.0289. The van der Waals surface area contributed by atoms with Crippen molar-refractivity contribution in [1.29, 1.82) is 0 Å². The van der Waals surface area contributed by atoms with Crippen molar-refractivity contribution in [2.45, 2.75) is 25.9 Å². The van der Waals surface area contributed by atoms with Gasteiger partial charge < -0.3 is 0 Å². The van der Waals surface area contributed by atoms with Gasteiger partial charge in [-0.25, -0.2) is 4.98 Å². The summed E-state index contributed by atoms with van der Waals surface area (Å²) in [5.74, 6) is -0.504. The molecule has 1 amide bonds. The molecule has 134 valence electrons. The first-order valence-electron chi connectivity index (χ1n) is 7.87. The number of rotatable bonds is 2. The first kappa shape index (κ1) is 16.8. The molecule has 1 aliphatic heterocycles. The number of aryl methyl sites for hydroxylation is 1. The molecule has 9 heteroatoms. The highest BCUT2D eigenvalue weighted by Crippen LogP contribution is 2.45. The SMILES string of the molecule is CCc1nc2ccc(C(F)(F)F)c(N3C(=O)Cc4cccc(Cl)c43)n2n1. The normalized spacial score (nSPS) is 14.3. The number of amides is 1. The van der Waals surface area contributed by atoms with Gasteiger partial charge in [-0.1, -0.05) is 30.7 Å². The van der Waals surface area contributed by atoms with Crippen molar-refractivity contribution >= 4 is 34.7 Å². The average molecular weight is 381 g/mol. The van der Waals surface area contributed by atoms with Crippen LogP contribution in [-0.2, 0) is 23.8 Å². The molecule has 0 N–H and O–H groups in total. The molecule has 26 heavy (non-hydrogen) atoms. The molecule has 0 aliphatic carbocycles. The van der Waals surface area contributed by atoms with Gasteiger partial charge in [-0.3, -0.25) is 9.69 Å². The predicted octanol–water partition coefficient (Wildman–Crippen LogP) is 4.18. The van der Waals surface area contributed by atoms with Crippen LogP contribution in [0.15, 0.2) is 30.3 Å². The standard InChI is InChI=1S/C17H12ClF3N4O/c1-2-12-22-13-7-6-10(17(19,20)21)16(25(13)23-12)24-14(26)8-9-4-3-5-11(18)15(9)24/h3-7H,2,8H2,1H3. The molecule has 0 bridgehead atoms. The number of fused-ring (bicyclic) bond motifs is 2. The van der Waals surface area contributed by atoms with E-state index < -0.39 is 17.6 Å². The van der Waals surface area contributed by atoms with E-state index in [1.165, 1.54) is 12.1 Å². The van der Waals surface area contributed by atoms with Crippen LogP contribution in [0.3, 0.4) is 0 Å². The fraction of sp³-hybridized carbons (Fsp3) is 0.235. The molecule has 0 fully saturated rings. The van der Waals surface area contributed by atoms with Crippen LogP contribution < -0.4 is 4.90 Å². The number of hydrogen-bond acceptors (Lipinski definition) is 3. The quantitative estimate of drug-likeness (QED) is 0.670. The topological polar surface area (TPSA) is 50.5 Å². The Morgan fingerprint density at radius 3 is 2.69 bits per heavy atom. The fourth-order valence-electron chi connectivity index (χ4n) is 3.11. The molecular formula is C17H12ClF3N4O. The van der Waals surface area contributed by atoms with E-state index in [0.717, 1.165) is 15.5 Å². The van der Waals surface area contributed by atoms with E-state index in [4.69, 9.17) is 11.6 Å². The molecule has 0 spiro atoms. The zero-order chi connectivity index (χ0) is 18.6. The molecule has 5 nitrogen and oxygen atoms in total. The molecule has 3 aromatic rings. The number of anilines is 2. The van der Waals surface area contributed by atoms with E-state index in [0.29, 0.717) is 17.8 Å². The highest BCUT2D eigenvalue weighted by Gasteiger charge is 2.41. The first-order chi connectivity index (χ1) is 12.3. The van der Waals surface area contributed by atoms with Gasteiger partial charge in [-0.05, 0) is 23.8 Å². The summed E-state index contributed by atoms with van der Waals surface area (Å²) in [5, 5.41) is 4.36. The summed E-state index contributed by atoms with van der Waals surface area (Å²) >= 11 is 6.21. The monoisotopic (exact) mass is 380 g/mol. The average Bonchev–Trinajstić information content (AvgIpc) is 3.13. The van der Waals surface area contributed by atoms with Crippen molar-refractivity contribution in [2.75, 3.05) is 4.90 Å². The van der Waals surface area contributed by atoms with Gasteiger partial charge in [0.15, 0.2) is 17.3 Å². The second kappa shape index (κ2) is 5.70. The summed E-state index contributed by atoms with van der Waals surface area (Å²) in [4.78, 5) is 17.8. The number of benzene rings is 1. The molecule has 0 unspecified atom stereocenters. The van der Waals surface area contributed by atoms with Crippen molar-refractivity contribution < 1.29 is 18.0 Å². The maximum absolute atomic E-state index is 13.7. The third kappa shape index (κ3) is 2.44. The second-order valence-corrected chi connectivity index (χ2v) is 6.28. The molecular weight excluding hydrogens is 369 g/mol. The lowest BCUT2D eigenvalue weighted by Gasteiger charge is -2.23. The second-order valence-electron chi connectivity index (χ2n) is 5.87. The summed E-state index contributed by atoms with van der Waals surface area (Å²) in [6.07, 6.45) is -4.25. The van der Waals surface area contributed by atoms with Crippen molar-refractivity contribution in [3.8, 4) is 0 Å². The van der Waals surface area contributed by atoms with Gasteiger partial charge in [0.25, 0.3) is 0 Å². The van der Waals surface area contributed by atoms with Gasteiger partial charge in [-0.2, -0.15) is 17.7 Å². The number of halogens is 4. The van der Waals surface area contributed by atoms with Crippen LogP contribution in [0.1, 0.15) is 23.9 Å². The van der Waals surface area contributed by atoms with Crippen LogP contribution in [0.4, 0.5) is 24.7 Å². The summed E-state index contributed by atoms with van der Waals surface area (Å²) in [7, 11) is 0. The summed E-state index contributed by atoms with van der Waals surface area (Å²) < 4.78 is 42.1. The Labute approximate surface area is 151 Å². The van der Waals surface area contributed by atoms with Gasteiger partial charge in [0.2, 0.25) is 5.91 Å². The molecule has 0 atom stereocenters. The number of alkyl halides is 3. The predicted molar refractivity (Wildman–Crippen MR) is 89.7 cm³/mol. The number of pyridine rings is 1. The van der Waals surface area contributed by atoms with Gasteiger partial charge in [-0.15, -0.1) is 5.10 Å². The van der Waals surface area contributed by atoms with Crippen LogP contribution in [0.25, 0.3) is 5.65 Å². The summed E-state index contributed by atoms with van der Waals surface area (Å²) in [6, 6.07) is 7.03. The van der Waals surface area contributed by atoms with E-state index >= 15 is 0 Å². The number of nitrogens with zero attached hydrogens (tertiary/aromatic N) is 4. The lowest BCUT2D eigenvalue weighted by atomic mass is 10.1. The van der Waals surface area contributed by atoms with E-state index in [1.807, 2.05) is 0 Å². The Morgan fingerprint density at radius 1 is 1.23 bits per heavy atom.